The molecule has 0 aliphatic heterocycles. The molecule has 1 saturated carbocycles. The number of fused-ring (bicyclic) bond motifs is 1. The van der Waals surface area contributed by atoms with Gasteiger partial charge in [0.2, 0.25) is 11.9 Å². The number of rotatable bonds is 13. The van der Waals surface area contributed by atoms with Gasteiger partial charge >= 0.3 is 5.82 Å². The lowest BCUT2D eigenvalue weighted by atomic mass is 10.1. The second-order valence-corrected chi connectivity index (χ2v) is 9.93. The molecular weight excluding hydrogens is 542 g/mol. The Kier molecular flexibility index (Phi) is 8.13. The topological polar surface area (TPSA) is 185 Å². The number of nitro groups is 1. The van der Waals surface area contributed by atoms with Crippen LogP contribution in [0.4, 0.5) is 17.5 Å². The van der Waals surface area contributed by atoms with Gasteiger partial charge in [0.1, 0.15) is 28.8 Å². The van der Waals surface area contributed by atoms with Gasteiger partial charge in [0.15, 0.2) is 0 Å². The van der Waals surface area contributed by atoms with Crippen LogP contribution in [0.25, 0.3) is 11.0 Å². The number of carbonyl (C=O) groups excluding carboxylic acids is 2. The van der Waals surface area contributed by atoms with Crippen LogP contribution in [0.5, 0.6) is 5.75 Å². The molecule has 3 heterocycles. The van der Waals surface area contributed by atoms with Gasteiger partial charge in [-0.05, 0) is 72.8 Å². The van der Waals surface area contributed by atoms with E-state index in [1.165, 1.54) is 6.20 Å². The monoisotopic (exact) mass is 573 g/mol. The minimum Gasteiger partial charge on any atom is -0.491 e. The van der Waals surface area contributed by atoms with Gasteiger partial charge in [-0.2, -0.15) is 5.10 Å². The largest absolute Gasteiger partial charge is 0.491 e. The number of aryl methyl sites for hydroxylation is 2. The highest BCUT2D eigenvalue weighted by Gasteiger charge is 2.25. The van der Waals surface area contributed by atoms with Crippen LogP contribution in [0, 0.1) is 23.0 Å². The maximum atomic E-state index is 13.3. The molecular formula is C28H31N9O5. The first-order valence-corrected chi connectivity index (χ1v) is 13.6. The molecule has 0 atom stereocenters. The number of allylic oxidation sites excluding steroid dienone is 1. The lowest BCUT2D eigenvalue weighted by molar-refractivity contribution is -0.388. The third-order valence-corrected chi connectivity index (χ3v) is 6.75. The highest BCUT2D eigenvalue weighted by Crippen LogP contribution is 2.34. The Balaban J connectivity index is 1.47. The number of nitrogens with two attached hydrogens (primary N) is 1. The first-order chi connectivity index (χ1) is 20.2. The van der Waals surface area contributed by atoms with Crippen LogP contribution in [0.2, 0.25) is 0 Å². The van der Waals surface area contributed by atoms with Crippen molar-refractivity contribution in [2.75, 3.05) is 23.8 Å². The van der Waals surface area contributed by atoms with Gasteiger partial charge in [-0.1, -0.05) is 12.2 Å². The molecule has 0 unspecified atom stereocenters. The summed E-state index contributed by atoms with van der Waals surface area (Å²) >= 11 is 0. The van der Waals surface area contributed by atoms with E-state index in [0.29, 0.717) is 52.9 Å². The van der Waals surface area contributed by atoms with E-state index in [1.807, 2.05) is 19.9 Å². The van der Waals surface area contributed by atoms with Crippen LogP contribution in [0.1, 0.15) is 46.3 Å². The number of primary amides is 1. The van der Waals surface area contributed by atoms with Gasteiger partial charge in [0.05, 0.1) is 17.8 Å². The number of aromatic nitrogens is 5. The number of imidazole rings is 1. The average molecular weight is 574 g/mol. The van der Waals surface area contributed by atoms with Crippen molar-refractivity contribution in [2.24, 2.45) is 11.7 Å². The van der Waals surface area contributed by atoms with Gasteiger partial charge in [0.25, 0.3) is 5.91 Å². The number of pyridine rings is 1. The standard InChI is InChI=1S/C28H31N9O5/c1-3-36-22(13-17(2)34-36)27(39)33-28-32-21-14-19(25(29)38)15-23(42-16-18-8-9-18)24(21)35(28)12-5-4-10-30-20-7-6-11-31-26(20)37(40)41/h4-7,11,13-15,18,30H,3,8-10,12,16H2,1-2H3,(H2,29,38)(H,32,33,39)/b5-4+. The van der Waals surface area contributed by atoms with E-state index in [9.17, 15) is 19.7 Å². The Morgan fingerprint density at radius 3 is 2.79 bits per heavy atom. The number of ether oxygens (including phenoxy) is 1. The van der Waals surface area contributed by atoms with Gasteiger partial charge in [-0.25, -0.2) is 4.98 Å². The number of amides is 2. The number of benzene rings is 1. The lowest BCUT2D eigenvalue weighted by Crippen LogP contribution is -2.20. The number of nitrogens with one attached hydrogen (secondary N) is 2. The molecule has 2 amide bonds. The number of anilines is 2. The quantitative estimate of drug-likeness (QED) is 0.122. The second-order valence-electron chi connectivity index (χ2n) is 9.93. The van der Waals surface area contributed by atoms with Crippen molar-refractivity contribution >= 4 is 40.3 Å². The van der Waals surface area contributed by atoms with Crippen molar-refractivity contribution in [1.29, 1.82) is 0 Å². The highest BCUT2D eigenvalue weighted by atomic mass is 16.6. The first-order valence-electron chi connectivity index (χ1n) is 13.6. The molecule has 1 fully saturated rings. The molecule has 4 N–H and O–H groups in total. The maximum Gasteiger partial charge on any atom is 0.386 e. The molecule has 5 rings (SSSR count). The molecule has 1 aliphatic rings. The first kappa shape index (κ1) is 28.3. The molecule has 14 nitrogen and oxygen atoms in total. The van der Waals surface area contributed by atoms with E-state index >= 15 is 0 Å². The summed E-state index contributed by atoms with van der Waals surface area (Å²) < 4.78 is 9.52. The van der Waals surface area contributed by atoms with E-state index in [1.54, 1.807) is 45.7 Å². The average Bonchev–Trinajstić information content (AvgIpc) is 3.63. The molecule has 1 aliphatic carbocycles. The summed E-state index contributed by atoms with van der Waals surface area (Å²) in [6.07, 6.45) is 7.15. The Labute approximate surface area is 240 Å². The summed E-state index contributed by atoms with van der Waals surface area (Å²) in [5.41, 5.74) is 8.26. The van der Waals surface area contributed by atoms with Crippen LogP contribution < -0.4 is 21.1 Å². The maximum absolute atomic E-state index is 13.3. The smallest absolute Gasteiger partial charge is 0.386 e. The summed E-state index contributed by atoms with van der Waals surface area (Å²) in [6.45, 7) is 5.26. The molecule has 4 aromatic rings. The van der Waals surface area contributed by atoms with E-state index in [-0.39, 0.29) is 36.3 Å². The van der Waals surface area contributed by atoms with Gasteiger partial charge in [0, 0.05) is 25.2 Å². The minimum absolute atomic E-state index is 0.244. The number of carbonyl (C=O) groups is 2. The summed E-state index contributed by atoms with van der Waals surface area (Å²) in [6, 6.07) is 8.06. The van der Waals surface area contributed by atoms with E-state index in [4.69, 9.17) is 10.5 Å². The fourth-order valence-corrected chi connectivity index (χ4v) is 4.50. The predicted molar refractivity (Wildman–Crippen MR) is 156 cm³/mol. The lowest BCUT2D eigenvalue weighted by Gasteiger charge is -2.13. The second kappa shape index (κ2) is 12.1. The van der Waals surface area contributed by atoms with Crippen LogP contribution in [-0.4, -0.2) is 54.2 Å². The zero-order valence-corrected chi connectivity index (χ0v) is 23.2. The van der Waals surface area contributed by atoms with Gasteiger partial charge < -0.3 is 30.5 Å². The predicted octanol–water partition coefficient (Wildman–Crippen LogP) is 3.67. The van der Waals surface area contributed by atoms with Crippen LogP contribution in [-0.2, 0) is 13.1 Å². The fourth-order valence-electron chi connectivity index (χ4n) is 4.50. The molecule has 42 heavy (non-hydrogen) atoms. The molecule has 1 aromatic carbocycles. The Morgan fingerprint density at radius 1 is 1.26 bits per heavy atom. The summed E-state index contributed by atoms with van der Waals surface area (Å²) in [5, 5.41) is 21.5. The number of hydrogen-bond donors (Lipinski definition) is 3. The third-order valence-electron chi connectivity index (χ3n) is 6.75. The molecule has 3 aromatic heterocycles. The van der Waals surface area contributed by atoms with Crippen LogP contribution in [0.15, 0.2) is 48.7 Å². The van der Waals surface area contributed by atoms with Crippen molar-refractivity contribution in [3.05, 3.63) is 75.7 Å². The molecule has 218 valence electrons. The number of hydrogen-bond acceptors (Lipinski definition) is 9. The van der Waals surface area contributed by atoms with E-state index in [0.717, 1.165) is 12.8 Å². The van der Waals surface area contributed by atoms with Crippen molar-refractivity contribution in [3.63, 3.8) is 0 Å². The fraction of sp³-hybridized carbons (Fsp3) is 0.321. The van der Waals surface area contributed by atoms with E-state index in [2.05, 4.69) is 25.7 Å². The molecule has 0 saturated heterocycles. The van der Waals surface area contributed by atoms with E-state index < -0.39 is 10.8 Å². The zero-order chi connectivity index (χ0) is 29.8. The van der Waals surface area contributed by atoms with Crippen molar-refractivity contribution in [3.8, 4) is 5.75 Å². The summed E-state index contributed by atoms with van der Waals surface area (Å²) in [5.74, 6) is -0.137. The Bertz CT molecular complexity index is 1690. The van der Waals surface area contributed by atoms with Crippen LogP contribution >= 0.6 is 0 Å². The summed E-state index contributed by atoms with van der Waals surface area (Å²) in [4.78, 5) is 44.6. The third kappa shape index (κ3) is 6.22. The number of nitrogens with zero attached hydrogens (tertiary/aromatic N) is 6. The van der Waals surface area contributed by atoms with Gasteiger partial charge in [-0.15, -0.1) is 0 Å². The minimum atomic E-state index is -0.619. The molecule has 0 spiro atoms. The summed E-state index contributed by atoms with van der Waals surface area (Å²) in [7, 11) is 0. The Hall–Kier alpha value is -5.27. The van der Waals surface area contributed by atoms with Crippen molar-refractivity contribution in [1.82, 2.24) is 24.3 Å². The highest BCUT2D eigenvalue weighted by molar-refractivity contribution is 6.04. The molecule has 14 heteroatoms. The zero-order valence-electron chi connectivity index (χ0n) is 23.2. The van der Waals surface area contributed by atoms with Gasteiger partial charge in [-0.3, -0.25) is 19.6 Å². The van der Waals surface area contributed by atoms with Crippen LogP contribution in [0.3, 0.4) is 0 Å². The van der Waals surface area contributed by atoms with Crippen molar-refractivity contribution in [2.45, 2.75) is 39.8 Å². The SMILES string of the molecule is CCn1nc(C)cc1C(=O)Nc1nc2cc(C(N)=O)cc(OCC3CC3)c2n1C/C=C/CNc1cccnc1[N+](=O)[O-]. The van der Waals surface area contributed by atoms with Crippen molar-refractivity contribution < 1.29 is 19.2 Å². The molecule has 0 radical (unpaired) electrons. The molecule has 0 bridgehead atoms. The Morgan fingerprint density at radius 2 is 2.07 bits per heavy atom. The normalized spacial score (nSPS) is 13.0.